The Bertz CT molecular complexity index is 430. The molecule has 0 N–H and O–H groups in total. The average Bonchev–Trinajstić information content (AvgIpc) is 2.40. The van der Waals surface area contributed by atoms with Crippen LogP contribution in [0.2, 0.25) is 0 Å². The molecule has 1 rings (SSSR count). The molecule has 0 aliphatic heterocycles. The summed E-state index contributed by atoms with van der Waals surface area (Å²) in [6, 6.07) is 8.61. The largest absolute Gasteiger partial charge is 0.0991 e. The van der Waals surface area contributed by atoms with Crippen molar-refractivity contribution in [3.8, 4) is 0 Å². The van der Waals surface area contributed by atoms with Crippen molar-refractivity contribution in [3.63, 3.8) is 0 Å². The lowest BCUT2D eigenvalue weighted by Crippen LogP contribution is -1.87. The molecule has 0 radical (unpaired) electrons. The first-order chi connectivity index (χ1) is 8.80. The van der Waals surface area contributed by atoms with Crippen LogP contribution in [0.5, 0.6) is 0 Å². The Kier molecular flexibility index (Phi) is 6.56. The van der Waals surface area contributed by atoms with Crippen molar-refractivity contribution in [1.82, 2.24) is 0 Å². The molecular weight excluding hydrogens is 216 g/mol. The van der Waals surface area contributed by atoms with Crippen LogP contribution < -0.4 is 0 Å². The van der Waals surface area contributed by atoms with Gasteiger partial charge in [0.15, 0.2) is 0 Å². The first-order valence-electron chi connectivity index (χ1n) is 6.46. The lowest BCUT2D eigenvalue weighted by molar-refractivity contribution is 0.823. The lowest BCUT2D eigenvalue weighted by Gasteiger charge is -2.03. The Morgan fingerprint density at radius 1 is 1.17 bits per heavy atom. The minimum atomic E-state index is 1.10. The average molecular weight is 238 g/mol. The van der Waals surface area contributed by atoms with Crippen LogP contribution in [0.1, 0.15) is 30.9 Å². The van der Waals surface area contributed by atoms with E-state index >= 15 is 0 Å². The van der Waals surface area contributed by atoms with Crippen LogP contribution >= 0.6 is 0 Å². The maximum absolute atomic E-state index is 3.76. The third-order valence-corrected chi connectivity index (χ3v) is 2.86. The Balaban J connectivity index is 2.47. The second-order valence-corrected chi connectivity index (χ2v) is 4.28. The van der Waals surface area contributed by atoms with Gasteiger partial charge in [0, 0.05) is 0 Å². The van der Waals surface area contributed by atoms with E-state index in [9.17, 15) is 0 Å². The molecule has 0 saturated carbocycles. The first kappa shape index (κ1) is 14.2. The third-order valence-electron chi connectivity index (χ3n) is 2.86. The van der Waals surface area contributed by atoms with Gasteiger partial charge in [0.2, 0.25) is 0 Å². The number of hydrogen-bond acceptors (Lipinski definition) is 0. The molecule has 0 bridgehead atoms. The van der Waals surface area contributed by atoms with Crippen molar-refractivity contribution in [1.29, 1.82) is 0 Å². The third kappa shape index (κ3) is 5.01. The van der Waals surface area contributed by atoms with E-state index in [1.54, 1.807) is 0 Å². The van der Waals surface area contributed by atoms with E-state index in [0.717, 1.165) is 19.3 Å². The molecule has 0 aliphatic rings. The van der Waals surface area contributed by atoms with Gasteiger partial charge in [-0.1, -0.05) is 67.8 Å². The van der Waals surface area contributed by atoms with Gasteiger partial charge < -0.3 is 0 Å². The Morgan fingerprint density at radius 3 is 2.44 bits per heavy atom. The summed E-state index contributed by atoms with van der Waals surface area (Å²) in [6.45, 7) is 9.56. The van der Waals surface area contributed by atoms with E-state index in [1.807, 2.05) is 19.1 Å². The highest BCUT2D eigenvalue weighted by Gasteiger charge is 1.96. The zero-order valence-corrected chi connectivity index (χ0v) is 11.2. The van der Waals surface area contributed by atoms with Gasteiger partial charge in [0.25, 0.3) is 0 Å². The Morgan fingerprint density at radius 2 is 1.89 bits per heavy atom. The van der Waals surface area contributed by atoms with Gasteiger partial charge in [-0.15, -0.1) is 0 Å². The smallest absolute Gasteiger partial charge is 0.0262 e. The molecule has 0 aromatic heterocycles. The molecule has 0 atom stereocenters. The number of allylic oxidation sites excluding steroid dienone is 5. The van der Waals surface area contributed by atoms with Crippen molar-refractivity contribution in [2.75, 3.05) is 0 Å². The summed E-state index contributed by atoms with van der Waals surface area (Å²) in [5.41, 5.74) is 3.91. The van der Waals surface area contributed by atoms with E-state index in [0.29, 0.717) is 0 Å². The van der Waals surface area contributed by atoms with Crippen LogP contribution in [-0.4, -0.2) is 0 Å². The van der Waals surface area contributed by atoms with Gasteiger partial charge in [-0.3, -0.25) is 0 Å². The molecule has 0 fully saturated rings. The van der Waals surface area contributed by atoms with Gasteiger partial charge in [-0.2, -0.15) is 0 Å². The summed E-state index contributed by atoms with van der Waals surface area (Å²) in [7, 11) is 0. The summed E-state index contributed by atoms with van der Waals surface area (Å²) in [5.74, 6) is 0. The van der Waals surface area contributed by atoms with Crippen LogP contribution in [0.15, 0.2) is 67.3 Å². The number of hydrogen-bond donors (Lipinski definition) is 0. The summed E-state index contributed by atoms with van der Waals surface area (Å²) >= 11 is 0. The predicted molar refractivity (Wildman–Crippen MR) is 82.6 cm³/mol. The van der Waals surface area contributed by atoms with Crippen LogP contribution in [-0.2, 0) is 6.42 Å². The lowest BCUT2D eigenvalue weighted by atomic mass is 10.0. The van der Waals surface area contributed by atoms with E-state index in [2.05, 4.69) is 55.7 Å². The summed E-state index contributed by atoms with van der Waals surface area (Å²) < 4.78 is 0. The molecule has 0 aliphatic carbocycles. The van der Waals surface area contributed by atoms with Gasteiger partial charge in [0.05, 0.1) is 0 Å². The minimum absolute atomic E-state index is 1.10. The second-order valence-electron chi connectivity index (χ2n) is 4.28. The molecule has 1 aromatic carbocycles. The van der Waals surface area contributed by atoms with Crippen molar-refractivity contribution in [2.45, 2.75) is 26.2 Å². The standard InChI is InChI=1S/C18H22/c1-4-8-17(9-5-2)10-7-11-18-14-12-16(6-3)13-15-18/h4-6,8-9,12-15H,1,3,7,10-11H2,2H3/b9-5-,17-8+. The molecule has 1 aromatic rings. The summed E-state index contributed by atoms with van der Waals surface area (Å²) in [4.78, 5) is 0. The molecular formula is C18H22. The highest BCUT2D eigenvalue weighted by atomic mass is 14.0. The fourth-order valence-corrected chi connectivity index (χ4v) is 1.90. The van der Waals surface area contributed by atoms with Crippen molar-refractivity contribution in [2.24, 2.45) is 0 Å². The predicted octanol–water partition coefficient (Wildman–Crippen LogP) is 5.34. The van der Waals surface area contributed by atoms with Crippen molar-refractivity contribution in [3.05, 3.63) is 78.4 Å². The second kappa shape index (κ2) is 8.30. The molecule has 0 unspecified atom stereocenters. The maximum atomic E-state index is 3.76. The highest BCUT2D eigenvalue weighted by Crippen LogP contribution is 2.13. The van der Waals surface area contributed by atoms with E-state index in [-0.39, 0.29) is 0 Å². The molecule has 18 heavy (non-hydrogen) atoms. The fourth-order valence-electron chi connectivity index (χ4n) is 1.90. The van der Waals surface area contributed by atoms with Crippen LogP contribution in [0.25, 0.3) is 6.08 Å². The molecule has 0 spiro atoms. The van der Waals surface area contributed by atoms with Gasteiger partial charge in [-0.05, 0) is 42.9 Å². The summed E-state index contributed by atoms with van der Waals surface area (Å²) in [6.07, 6.45) is 13.4. The summed E-state index contributed by atoms with van der Waals surface area (Å²) in [5, 5.41) is 0. The van der Waals surface area contributed by atoms with Crippen molar-refractivity contribution < 1.29 is 0 Å². The highest BCUT2D eigenvalue weighted by molar-refractivity contribution is 5.47. The molecule has 0 nitrogen and oxygen atoms in total. The quantitative estimate of drug-likeness (QED) is 0.562. The minimum Gasteiger partial charge on any atom is -0.0991 e. The maximum Gasteiger partial charge on any atom is -0.0262 e. The van der Waals surface area contributed by atoms with Gasteiger partial charge in [-0.25, -0.2) is 0 Å². The Labute approximate surface area is 111 Å². The topological polar surface area (TPSA) is 0 Å². The number of aryl methyl sites for hydroxylation is 1. The zero-order valence-electron chi connectivity index (χ0n) is 11.2. The molecule has 0 saturated heterocycles. The van der Waals surface area contributed by atoms with Crippen LogP contribution in [0.4, 0.5) is 0 Å². The fraction of sp³-hybridized carbons (Fsp3) is 0.222. The zero-order chi connectivity index (χ0) is 13.2. The number of rotatable bonds is 7. The Hall–Kier alpha value is -1.82. The van der Waals surface area contributed by atoms with E-state index < -0.39 is 0 Å². The molecule has 0 heteroatoms. The van der Waals surface area contributed by atoms with E-state index in [4.69, 9.17) is 0 Å². The van der Waals surface area contributed by atoms with Crippen molar-refractivity contribution >= 4 is 6.08 Å². The van der Waals surface area contributed by atoms with Crippen LogP contribution in [0.3, 0.4) is 0 Å². The first-order valence-corrected chi connectivity index (χ1v) is 6.46. The number of benzene rings is 1. The SMILES string of the molecule is C=C/C=C(\C=C/C)CCCc1ccc(C=C)cc1. The van der Waals surface area contributed by atoms with Crippen LogP contribution in [0, 0.1) is 0 Å². The van der Waals surface area contributed by atoms with Gasteiger partial charge >= 0.3 is 0 Å². The molecule has 0 amide bonds. The van der Waals surface area contributed by atoms with Gasteiger partial charge in [0.1, 0.15) is 0 Å². The molecule has 94 valence electrons. The monoisotopic (exact) mass is 238 g/mol. The normalized spacial score (nSPS) is 11.7. The van der Waals surface area contributed by atoms with E-state index in [1.165, 1.54) is 16.7 Å². The molecule has 0 heterocycles.